The smallest absolute Gasteiger partial charge is 0.307 e. The molecule has 0 aromatic rings. The molecular formula is C12H20O4. The third-order valence-electron chi connectivity index (χ3n) is 2.84. The topological polar surface area (TPSA) is 63.6 Å². The van der Waals surface area contributed by atoms with Gasteiger partial charge in [-0.25, -0.2) is 0 Å². The summed E-state index contributed by atoms with van der Waals surface area (Å²) in [5.74, 6) is -1.70. The minimum absolute atomic E-state index is 0.00271. The lowest BCUT2D eigenvalue weighted by atomic mass is 9.74. The summed E-state index contributed by atoms with van der Waals surface area (Å²) in [6.07, 6.45) is 2.90. The van der Waals surface area contributed by atoms with Crippen LogP contribution in [0.5, 0.6) is 0 Å². The van der Waals surface area contributed by atoms with Crippen molar-refractivity contribution >= 4 is 11.9 Å². The number of aliphatic carboxylic acids is 1. The SMILES string of the molecule is CC(C)(C)OC(=O)C[C@H](C(=O)O)C1CCC1. The van der Waals surface area contributed by atoms with Crippen LogP contribution in [0.4, 0.5) is 0 Å². The van der Waals surface area contributed by atoms with E-state index in [1.807, 2.05) is 0 Å². The molecule has 0 spiro atoms. The van der Waals surface area contributed by atoms with Gasteiger partial charge in [-0.3, -0.25) is 9.59 Å². The van der Waals surface area contributed by atoms with Crippen LogP contribution in [0.25, 0.3) is 0 Å². The van der Waals surface area contributed by atoms with E-state index in [4.69, 9.17) is 9.84 Å². The zero-order valence-corrected chi connectivity index (χ0v) is 10.2. The first-order valence-electron chi connectivity index (χ1n) is 5.74. The molecule has 0 aromatic heterocycles. The fourth-order valence-electron chi connectivity index (χ4n) is 1.86. The first-order chi connectivity index (χ1) is 7.29. The molecule has 0 unspecified atom stereocenters. The van der Waals surface area contributed by atoms with Crippen molar-refractivity contribution in [3.05, 3.63) is 0 Å². The fourth-order valence-corrected chi connectivity index (χ4v) is 1.86. The molecule has 1 rings (SSSR count). The quantitative estimate of drug-likeness (QED) is 0.749. The van der Waals surface area contributed by atoms with E-state index in [0.717, 1.165) is 19.3 Å². The standard InChI is InChI=1S/C12H20O4/c1-12(2,3)16-10(13)7-9(11(14)15)8-5-4-6-8/h8-9H,4-7H2,1-3H3,(H,14,15)/t9-/m0/s1. The number of carbonyl (C=O) groups is 2. The van der Waals surface area contributed by atoms with Gasteiger partial charge in [0.2, 0.25) is 0 Å². The third-order valence-corrected chi connectivity index (χ3v) is 2.84. The second-order valence-corrected chi connectivity index (χ2v) is 5.43. The largest absolute Gasteiger partial charge is 0.481 e. The van der Waals surface area contributed by atoms with E-state index in [9.17, 15) is 9.59 Å². The molecule has 0 heterocycles. The number of hydrogen-bond donors (Lipinski definition) is 1. The van der Waals surface area contributed by atoms with Crippen LogP contribution in [-0.4, -0.2) is 22.6 Å². The Balaban J connectivity index is 2.48. The summed E-state index contributed by atoms with van der Waals surface area (Å²) < 4.78 is 5.13. The predicted molar refractivity (Wildman–Crippen MR) is 58.9 cm³/mol. The van der Waals surface area contributed by atoms with Crippen molar-refractivity contribution in [3.8, 4) is 0 Å². The highest BCUT2D eigenvalue weighted by molar-refractivity contribution is 5.79. The molecule has 16 heavy (non-hydrogen) atoms. The van der Waals surface area contributed by atoms with Crippen LogP contribution in [0.3, 0.4) is 0 Å². The van der Waals surface area contributed by atoms with Crippen molar-refractivity contribution in [2.24, 2.45) is 11.8 Å². The van der Waals surface area contributed by atoms with Crippen molar-refractivity contribution in [1.82, 2.24) is 0 Å². The van der Waals surface area contributed by atoms with E-state index in [1.165, 1.54) is 0 Å². The van der Waals surface area contributed by atoms with E-state index in [2.05, 4.69) is 0 Å². The fraction of sp³-hybridized carbons (Fsp3) is 0.833. The van der Waals surface area contributed by atoms with Crippen molar-refractivity contribution in [2.45, 2.75) is 52.1 Å². The molecule has 1 fully saturated rings. The van der Waals surface area contributed by atoms with Crippen LogP contribution >= 0.6 is 0 Å². The average Bonchev–Trinajstić information content (AvgIpc) is 1.95. The van der Waals surface area contributed by atoms with E-state index in [0.29, 0.717) is 0 Å². The van der Waals surface area contributed by atoms with Crippen LogP contribution in [-0.2, 0) is 14.3 Å². The van der Waals surface area contributed by atoms with Crippen molar-refractivity contribution in [3.63, 3.8) is 0 Å². The normalized spacial score (nSPS) is 18.7. The lowest BCUT2D eigenvalue weighted by Crippen LogP contribution is -2.33. The summed E-state index contributed by atoms with van der Waals surface area (Å²) in [5.41, 5.74) is -0.542. The van der Waals surface area contributed by atoms with Gasteiger partial charge in [-0.2, -0.15) is 0 Å². The monoisotopic (exact) mass is 228 g/mol. The van der Waals surface area contributed by atoms with Gasteiger partial charge in [0.1, 0.15) is 5.60 Å². The van der Waals surface area contributed by atoms with Gasteiger partial charge in [-0.15, -0.1) is 0 Å². The molecule has 0 aromatic carbocycles. The first-order valence-corrected chi connectivity index (χ1v) is 5.74. The molecule has 1 saturated carbocycles. The van der Waals surface area contributed by atoms with Gasteiger partial charge in [-0.05, 0) is 39.5 Å². The Kier molecular flexibility index (Phi) is 3.94. The summed E-state index contributed by atoms with van der Waals surface area (Å²) >= 11 is 0. The Bertz CT molecular complexity index is 273. The Morgan fingerprint density at radius 2 is 1.94 bits per heavy atom. The maximum absolute atomic E-state index is 11.5. The Morgan fingerprint density at radius 1 is 1.38 bits per heavy atom. The predicted octanol–water partition coefficient (Wildman–Crippen LogP) is 2.22. The minimum Gasteiger partial charge on any atom is -0.481 e. The highest BCUT2D eigenvalue weighted by Crippen LogP contribution is 2.35. The molecule has 4 heteroatoms. The number of carbonyl (C=O) groups excluding carboxylic acids is 1. The van der Waals surface area contributed by atoms with Gasteiger partial charge in [0.25, 0.3) is 0 Å². The molecule has 1 aliphatic carbocycles. The van der Waals surface area contributed by atoms with Crippen molar-refractivity contribution in [1.29, 1.82) is 0 Å². The lowest BCUT2D eigenvalue weighted by Gasteiger charge is -2.31. The van der Waals surface area contributed by atoms with Crippen LogP contribution < -0.4 is 0 Å². The van der Waals surface area contributed by atoms with E-state index in [1.54, 1.807) is 20.8 Å². The zero-order valence-electron chi connectivity index (χ0n) is 10.2. The molecule has 0 radical (unpaired) electrons. The summed E-state index contributed by atoms with van der Waals surface area (Å²) in [6, 6.07) is 0. The van der Waals surface area contributed by atoms with Crippen LogP contribution in [0, 0.1) is 11.8 Å². The highest BCUT2D eigenvalue weighted by Gasteiger charge is 2.35. The first kappa shape index (κ1) is 13.0. The van der Waals surface area contributed by atoms with Gasteiger partial charge >= 0.3 is 11.9 Å². The maximum atomic E-state index is 11.5. The summed E-state index contributed by atoms with van der Waals surface area (Å²) in [6.45, 7) is 5.35. The number of hydrogen-bond acceptors (Lipinski definition) is 3. The number of ether oxygens (including phenoxy) is 1. The average molecular weight is 228 g/mol. The van der Waals surface area contributed by atoms with Crippen LogP contribution in [0.2, 0.25) is 0 Å². The molecule has 1 N–H and O–H groups in total. The van der Waals surface area contributed by atoms with Crippen LogP contribution in [0.1, 0.15) is 46.5 Å². The van der Waals surface area contributed by atoms with Crippen LogP contribution in [0.15, 0.2) is 0 Å². The molecule has 1 aliphatic rings. The molecule has 0 amide bonds. The van der Waals surface area contributed by atoms with Gasteiger partial charge in [-0.1, -0.05) is 6.42 Å². The Labute approximate surface area is 96.0 Å². The highest BCUT2D eigenvalue weighted by atomic mass is 16.6. The lowest BCUT2D eigenvalue weighted by molar-refractivity contribution is -0.161. The van der Waals surface area contributed by atoms with Gasteiger partial charge in [0.15, 0.2) is 0 Å². The Hall–Kier alpha value is -1.06. The van der Waals surface area contributed by atoms with Gasteiger partial charge < -0.3 is 9.84 Å². The second kappa shape index (κ2) is 4.85. The molecule has 0 aliphatic heterocycles. The van der Waals surface area contributed by atoms with Crippen molar-refractivity contribution < 1.29 is 19.4 Å². The minimum atomic E-state index is -0.879. The molecular weight excluding hydrogens is 208 g/mol. The summed E-state index contributed by atoms with van der Waals surface area (Å²) in [5, 5.41) is 9.05. The summed E-state index contributed by atoms with van der Waals surface area (Å²) in [7, 11) is 0. The van der Waals surface area contributed by atoms with Gasteiger partial charge in [0.05, 0.1) is 12.3 Å². The zero-order chi connectivity index (χ0) is 12.3. The Morgan fingerprint density at radius 3 is 2.25 bits per heavy atom. The second-order valence-electron chi connectivity index (χ2n) is 5.43. The third kappa shape index (κ3) is 3.83. The molecule has 1 atom stereocenters. The van der Waals surface area contributed by atoms with Gasteiger partial charge in [0, 0.05) is 0 Å². The molecule has 4 nitrogen and oxygen atoms in total. The molecule has 92 valence electrons. The number of carboxylic acid groups (broad SMARTS) is 1. The number of rotatable bonds is 4. The number of carboxylic acids is 1. The maximum Gasteiger partial charge on any atom is 0.307 e. The van der Waals surface area contributed by atoms with E-state index < -0.39 is 23.5 Å². The van der Waals surface area contributed by atoms with E-state index in [-0.39, 0.29) is 12.3 Å². The summed E-state index contributed by atoms with van der Waals surface area (Å²) in [4.78, 5) is 22.6. The van der Waals surface area contributed by atoms with E-state index >= 15 is 0 Å². The number of esters is 1. The van der Waals surface area contributed by atoms with Crippen molar-refractivity contribution in [2.75, 3.05) is 0 Å². The molecule has 0 bridgehead atoms. The molecule has 0 saturated heterocycles.